The van der Waals surface area contributed by atoms with Crippen molar-refractivity contribution in [3.8, 4) is 0 Å². The lowest BCUT2D eigenvalue weighted by molar-refractivity contribution is 0.859. The van der Waals surface area contributed by atoms with E-state index in [1.54, 1.807) is 0 Å². The van der Waals surface area contributed by atoms with Gasteiger partial charge in [0.05, 0.1) is 0 Å². The molecular weight excluding hydrogens is 286 g/mol. The molecule has 0 saturated heterocycles. The molecule has 0 aliphatic heterocycles. The van der Waals surface area contributed by atoms with E-state index in [0.717, 1.165) is 12.1 Å². The van der Waals surface area contributed by atoms with Crippen molar-refractivity contribution in [3.63, 3.8) is 0 Å². The Morgan fingerprint density at radius 1 is 1.00 bits per heavy atom. The molecule has 2 aromatic rings. The van der Waals surface area contributed by atoms with Gasteiger partial charge in [0.25, 0.3) is 0 Å². The first-order valence-corrected chi connectivity index (χ1v) is 7.22. The Labute approximate surface area is 117 Å². The molecule has 1 aromatic carbocycles. The van der Waals surface area contributed by atoms with E-state index in [-0.39, 0.29) is 0 Å². The van der Waals surface area contributed by atoms with Crippen LogP contribution in [0.4, 0.5) is 0 Å². The highest BCUT2D eigenvalue weighted by Crippen LogP contribution is 2.27. The van der Waals surface area contributed by atoms with Crippen molar-refractivity contribution >= 4 is 15.9 Å². The summed E-state index contributed by atoms with van der Waals surface area (Å²) in [7, 11) is 0. The topological polar surface area (TPSA) is 12.9 Å². The lowest BCUT2D eigenvalue weighted by Crippen LogP contribution is -1.98. The number of rotatable bonds is 4. The fraction of sp³-hybridized carbons (Fsp3) is 0.312. The highest BCUT2D eigenvalue weighted by molar-refractivity contribution is 9.09. The smallest absolute Gasteiger partial charge is 0.0450 e. The standard InChI is InChI=1S/C16H18BrN/c1-12(2)13-6-8-14(9-7-13)16(17)11-15-5-3-4-10-18-15/h3-10,12,16H,11H2,1-2H3. The lowest BCUT2D eigenvalue weighted by atomic mass is 10.00. The zero-order valence-electron chi connectivity index (χ0n) is 10.8. The molecule has 94 valence electrons. The van der Waals surface area contributed by atoms with Gasteiger partial charge in [-0.25, -0.2) is 0 Å². The van der Waals surface area contributed by atoms with E-state index in [4.69, 9.17) is 0 Å². The van der Waals surface area contributed by atoms with Gasteiger partial charge < -0.3 is 0 Å². The van der Waals surface area contributed by atoms with Gasteiger partial charge in [-0.05, 0) is 29.2 Å². The minimum atomic E-state index is 0.327. The molecule has 1 nitrogen and oxygen atoms in total. The number of aromatic nitrogens is 1. The minimum Gasteiger partial charge on any atom is -0.261 e. The van der Waals surface area contributed by atoms with Gasteiger partial charge in [0, 0.05) is 23.1 Å². The van der Waals surface area contributed by atoms with Crippen LogP contribution in [0.5, 0.6) is 0 Å². The molecule has 0 bridgehead atoms. The molecular formula is C16H18BrN. The van der Waals surface area contributed by atoms with Gasteiger partial charge in [-0.1, -0.05) is 60.1 Å². The van der Waals surface area contributed by atoms with Crippen LogP contribution in [0.2, 0.25) is 0 Å². The van der Waals surface area contributed by atoms with E-state index in [1.807, 2.05) is 18.3 Å². The van der Waals surface area contributed by atoms with Gasteiger partial charge in [0.2, 0.25) is 0 Å². The zero-order chi connectivity index (χ0) is 13.0. The molecule has 0 aliphatic carbocycles. The Bertz CT molecular complexity index is 476. The average Bonchev–Trinajstić information content (AvgIpc) is 2.40. The molecule has 0 radical (unpaired) electrons. The summed E-state index contributed by atoms with van der Waals surface area (Å²) >= 11 is 3.74. The van der Waals surface area contributed by atoms with E-state index in [1.165, 1.54) is 11.1 Å². The fourth-order valence-corrected chi connectivity index (χ4v) is 2.55. The maximum Gasteiger partial charge on any atom is 0.0450 e. The van der Waals surface area contributed by atoms with Gasteiger partial charge >= 0.3 is 0 Å². The largest absolute Gasteiger partial charge is 0.261 e. The highest BCUT2D eigenvalue weighted by atomic mass is 79.9. The van der Waals surface area contributed by atoms with Crippen molar-refractivity contribution in [2.75, 3.05) is 0 Å². The summed E-state index contributed by atoms with van der Waals surface area (Å²) in [5.41, 5.74) is 3.81. The van der Waals surface area contributed by atoms with E-state index in [0.29, 0.717) is 10.7 Å². The third kappa shape index (κ3) is 3.42. The Kier molecular flexibility index (Phi) is 4.54. The van der Waals surface area contributed by atoms with Crippen LogP contribution in [-0.4, -0.2) is 4.98 Å². The van der Waals surface area contributed by atoms with E-state index in [2.05, 4.69) is 65.1 Å². The van der Waals surface area contributed by atoms with Crippen LogP contribution < -0.4 is 0 Å². The van der Waals surface area contributed by atoms with Crippen molar-refractivity contribution in [2.24, 2.45) is 0 Å². The Morgan fingerprint density at radius 2 is 1.67 bits per heavy atom. The Balaban J connectivity index is 2.07. The summed E-state index contributed by atoms with van der Waals surface area (Å²) in [6.07, 6.45) is 2.76. The van der Waals surface area contributed by atoms with Crippen LogP contribution in [-0.2, 0) is 6.42 Å². The second kappa shape index (κ2) is 6.14. The minimum absolute atomic E-state index is 0.327. The monoisotopic (exact) mass is 303 g/mol. The first-order valence-electron chi connectivity index (χ1n) is 6.30. The first-order chi connectivity index (χ1) is 8.66. The fourth-order valence-electron chi connectivity index (χ4n) is 1.91. The molecule has 1 unspecified atom stereocenters. The Hall–Kier alpha value is -1.15. The number of hydrogen-bond donors (Lipinski definition) is 0. The molecule has 0 fully saturated rings. The molecule has 0 aliphatic rings. The molecule has 1 atom stereocenters. The average molecular weight is 304 g/mol. The second-order valence-electron chi connectivity index (χ2n) is 4.81. The van der Waals surface area contributed by atoms with Gasteiger partial charge in [-0.15, -0.1) is 0 Å². The number of benzene rings is 1. The molecule has 0 amide bonds. The molecule has 0 spiro atoms. The maximum atomic E-state index is 4.36. The van der Waals surface area contributed by atoms with Gasteiger partial charge in [-0.3, -0.25) is 4.98 Å². The van der Waals surface area contributed by atoms with Crippen LogP contribution in [0.3, 0.4) is 0 Å². The number of nitrogens with zero attached hydrogens (tertiary/aromatic N) is 1. The van der Waals surface area contributed by atoms with Crippen molar-refractivity contribution in [1.29, 1.82) is 0 Å². The van der Waals surface area contributed by atoms with Crippen molar-refractivity contribution in [1.82, 2.24) is 4.98 Å². The predicted octanol–water partition coefficient (Wildman–Crippen LogP) is 4.88. The third-order valence-electron chi connectivity index (χ3n) is 3.08. The molecule has 1 heterocycles. The van der Waals surface area contributed by atoms with Crippen LogP contribution in [0.15, 0.2) is 48.7 Å². The van der Waals surface area contributed by atoms with E-state index in [9.17, 15) is 0 Å². The highest BCUT2D eigenvalue weighted by Gasteiger charge is 2.09. The zero-order valence-corrected chi connectivity index (χ0v) is 12.4. The number of alkyl halides is 1. The van der Waals surface area contributed by atoms with Crippen LogP contribution in [0, 0.1) is 0 Å². The van der Waals surface area contributed by atoms with Gasteiger partial charge in [0.1, 0.15) is 0 Å². The van der Waals surface area contributed by atoms with Crippen LogP contribution in [0.25, 0.3) is 0 Å². The summed E-state index contributed by atoms with van der Waals surface area (Å²) < 4.78 is 0. The maximum absolute atomic E-state index is 4.36. The van der Waals surface area contributed by atoms with E-state index < -0.39 is 0 Å². The molecule has 18 heavy (non-hydrogen) atoms. The van der Waals surface area contributed by atoms with Crippen LogP contribution >= 0.6 is 15.9 Å². The number of pyridine rings is 1. The molecule has 1 aromatic heterocycles. The second-order valence-corrected chi connectivity index (χ2v) is 5.92. The van der Waals surface area contributed by atoms with Crippen molar-refractivity contribution in [3.05, 3.63) is 65.5 Å². The molecule has 2 heteroatoms. The normalized spacial score (nSPS) is 12.7. The van der Waals surface area contributed by atoms with E-state index >= 15 is 0 Å². The van der Waals surface area contributed by atoms with Gasteiger partial charge in [0.15, 0.2) is 0 Å². The quantitative estimate of drug-likeness (QED) is 0.733. The molecule has 0 N–H and O–H groups in total. The summed E-state index contributed by atoms with van der Waals surface area (Å²) in [5.74, 6) is 0.587. The first kappa shape index (κ1) is 13.3. The third-order valence-corrected chi connectivity index (χ3v) is 3.93. The van der Waals surface area contributed by atoms with Crippen LogP contribution in [0.1, 0.15) is 41.4 Å². The summed E-state index contributed by atoms with van der Waals surface area (Å²) in [6.45, 7) is 4.43. The predicted molar refractivity (Wildman–Crippen MR) is 80.1 cm³/mol. The number of halogens is 1. The summed E-state index contributed by atoms with van der Waals surface area (Å²) in [4.78, 5) is 4.69. The number of hydrogen-bond acceptors (Lipinski definition) is 1. The SMILES string of the molecule is CC(C)c1ccc(C(Br)Cc2ccccn2)cc1. The van der Waals surface area contributed by atoms with Crippen molar-refractivity contribution in [2.45, 2.75) is 31.0 Å². The lowest BCUT2D eigenvalue weighted by Gasteiger charge is -2.11. The Morgan fingerprint density at radius 3 is 2.22 bits per heavy atom. The van der Waals surface area contributed by atoms with Crippen molar-refractivity contribution < 1.29 is 0 Å². The molecule has 0 saturated carbocycles. The summed E-state index contributed by atoms with van der Waals surface area (Å²) in [6, 6.07) is 14.9. The summed E-state index contributed by atoms with van der Waals surface area (Å²) in [5, 5.41) is 0. The van der Waals surface area contributed by atoms with Gasteiger partial charge in [-0.2, -0.15) is 0 Å². The molecule has 2 rings (SSSR count).